The third-order valence-corrected chi connectivity index (χ3v) is 3.83. The second kappa shape index (κ2) is 5.19. The highest BCUT2D eigenvalue weighted by atomic mass is 16.6. The third kappa shape index (κ3) is 2.81. The van der Waals surface area contributed by atoms with Crippen LogP contribution >= 0.6 is 0 Å². The lowest BCUT2D eigenvalue weighted by Crippen LogP contribution is -2.26. The summed E-state index contributed by atoms with van der Waals surface area (Å²) in [5, 5.41) is 4.54. The van der Waals surface area contributed by atoms with Crippen LogP contribution in [0.4, 0.5) is 4.79 Å². The van der Waals surface area contributed by atoms with Gasteiger partial charge >= 0.3 is 6.09 Å². The molecule has 0 radical (unpaired) electrons. The Balaban J connectivity index is 2.04. The highest BCUT2D eigenvalue weighted by Crippen LogP contribution is 2.31. The fourth-order valence-corrected chi connectivity index (χ4v) is 2.91. The van der Waals surface area contributed by atoms with Gasteiger partial charge in [-0.3, -0.25) is 4.57 Å². The van der Waals surface area contributed by atoms with Crippen molar-refractivity contribution in [2.24, 2.45) is 0 Å². The van der Waals surface area contributed by atoms with E-state index < -0.39 is 5.60 Å². The van der Waals surface area contributed by atoms with Crippen molar-refractivity contribution in [3.63, 3.8) is 0 Å². The summed E-state index contributed by atoms with van der Waals surface area (Å²) in [7, 11) is 0. The maximum Gasteiger partial charge on any atom is 0.419 e. The van der Waals surface area contributed by atoms with Crippen molar-refractivity contribution < 1.29 is 9.53 Å². The highest BCUT2D eigenvalue weighted by molar-refractivity contribution is 5.92. The Hall–Kier alpha value is -1.81. The van der Waals surface area contributed by atoms with Gasteiger partial charge in [0.15, 0.2) is 0 Å². The van der Waals surface area contributed by atoms with E-state index in [1.807, 2.05) is 45.2 Å². The molecule has 2 heterocycles. The van der Waals surface area contributed by atoms with Crippen molar-refractivity contribution in [1.29, 1.82) is 0 Å². The van der Waals surface area contributed by atoms with E-state index in [1.54, 1.807) is 4.57 Å². The van der Waals surface area contributed by atoms with Crippen molar-refractivity contribution in [1.82, 2.24) is 9.88 Å². The molecule has 0 bridgehead atoms. The summed E-state index contributed by atoms with van der Waals surface area (Å²) in [5.74, 6) is 0.471. The molecule has 4 nitrogen and oxygen atoms in total. The number of nitrogens with zero attached hydrogens (tertiary/aromatic N) is 1. The molecule has 1 aromatic carbocycles. The van der Waals surface area contributed by atoms with Crippen LogP contribution in [0, 0.1) is 0 Å². The molecule has 1 aromatic heterocycles. The average molecular weight is 286 g/mol. The van der Waals surface area contributed by atoms with Crippen molar-refractivity contribution in [2.45, 2.75) is 38.7 Å². The first-order valence-electron chi connectivity index (χ1n) is 7.50. The molecule has 1 saturated heterocycles. The standard InChI is InChI=1S/C17H22N2O2/c1-17(2,3)21-16(20)19-11-14(12-8-9-18-10-12)13-6-4-5-7-15(13)19/h4-7,11-12,18H,8-10H2,1-3H3. The Kier molecular flexibility index (Phi) is 3.49. The van der Waals surface area contributed by atoms with Gasteiger partial charge in [-0.15, -0.1) is 0 Å². The van der Waals surface area contributed by atoms with E-state index in [-0.39, 0.29) is 6.09 Å². The second-order valence-electron chi connectivity index (χ2n) is 6.64. The summed E-state index contributed by atoms with van der Waals surface area (Å²) in [5.41, 5.74) is 1.67. The van der Waals surface area contributed by atoms with Crippen LogP contribution in [-0.4, -0.2) is 29.4 Å². The number of para-hydroxylation sites is 1. The number of hydrogen-bond acceptors (Lipinski definition) is 3. The minimum Gasteiger partial charge on any atom is -0.443 e. The first kappa shape index (κ1) is 14.1. The summed E-state index contributed by atoms with van der Waals surface area (Å²) in [4.78, 5) is 12.4. The number of carbonyl (C=O) groups is 1. The topological polar surface area (TPSA) is 43.3 Å². The molecular formula is C17H22N2O2. The van der Waals surface area contributed by atoms with Gasteiger partial charge in [-0.25, -0.2) is 4.79 Å². The minimum atomic E-state index is -0.489. The van der Waals surface area contributed by atoms with E-state index in [0.29, 0.717) is 5.92 Å². The smallest absolute Gasteiger partial charge is 0.419 e. The van der Waals surface area contributed by atoms with Gasteiger partial charge < -0.3 is 10.1 Å². The van der Waals surface area contributed by atoms with E-state index in [2.05, 4.69) is 11.4 Å². The number of rotatable bonds is 1. The average Bonchev–Trinajstić information content (AvgIpc) is 3.03. The molecule has 0 aliphatic carbocycles. The lowest BCUT2D eigenvalue weighted by molar-refractivity contribution is 0.0544. The Morgan fingerprint density at radius 3 is 2.76 bits per heavy atom. The molecule has 1 fully saturated rings. The van der Waals surface area contributed by atoms with Crippen LogP contribution in [0.1, 0.15) is 38.7 Å². The Morgan fingerprint density at radius 1 is 1.33 bits per heavy atom. The van der Waals surface area contributed by atoms with Crippen molar-refractivity contribution in [3.05, 3.63) is 36.0 Å². The number of carbonyl (C=O) groups excluding carboxylic acids is 1. The van der Waals surface area contributed by atoms with Crippen molar-refractivity contribution >= 4 is 17.0 Å². The second-order valence-corrected chi connectivity index (χ2v) is 6.64. The van der Waals surface area contributed by atoms with Crippen LogP contribution in [0.3, 0.4) is 0 Å². The van der Waals surface area contributed by atoms with Gasteiger partial charge in [-0.05, 0) is 51.3 Å². The molecule has 4 heteroatoms. The van der Waals surface area contributed by atoms with Crippen LogP contribution < -0.4 is 5.32 Å². The van der Waals surface area contributed by atoms with Crippen LogP contribution in [0.25, 0.3) is 10.9 Å². The lowest BCUT2D eigenvalue weighted by Gasteiger charge is -2.19. The molecule has 1 unspecified atom stereocenters. The van der Waals surface area contributed by atoms with Crippen molar-refractivity contribution in [2.75, 3.05) is 13.1 Å². The lowest BCUT2D eigenvalue weighted by atomic mass is 9.98. The van der Waals surface area contributed by atoms with Gasteiger partial charge in [0.2, 0.25) is 0 Å². The fourth-order valence-electron chi connectivity index (χ4n) is 2.91. The molecule has 1 aliphatic heterocycles. The van der Waals surface area contributed by atoms with Crippen LogP contribution in [0.15, 0.2) is 30.5 Å². The zero-order chi connectivity index (χ0) is 15.0. The molecule has 1 aliphatic rings. The minimum absolute atomic E-state index is 0.309. The molecular weight excluding hydrogens is 264 g/mol. The molecule has 0 saturated carbocycles. The molecule has 2 aromatic rings. The van der Waals surface area contributed by atoms with E-state index in [4.69, 9.17) is 4.74 Å². The zero-order valence-corrected chi connectivity index (χ0v) is 12.8. The number of benzene rings is 1. The highest BCUT2D eigenvalue weighted by Gasteiger charge is 2.25. The monoisotopic (exact) mass is 286 g/mol. The number of aromatic nitrogens is 1. The summed E-state index contributed by atoms with van der Waals surface area (Å²) >= 11 is 0. The van der Waals surface area contributed by atoms with Crippen molar-refractivity contribution in [3.8, 4) is 0 Å². The summed E-state index contributed by atoms with van der Waals surface area (Å²) in [6.45, 7) is 7.67. The molecule has 112 valence electrons. The Labute approximate surface area is 125 Å². The molecule has 1 N–H and O–H groups in total. The van der Waals surface area contributed by atoms with Crippen LogP contribution in [0.5, 0.6) is 0 Å². The summed E-state index contributed by atoms with van der Waals surface area (Å²) < 4.78 is 7.16. The van der Waals surface area contributed by atoms with Gasteiger partial charge in [0.1, 0.15) is 5.60 Å². The maximum atomic E-state index is 12.4. The predicted molar refractivity (Wildman–Crippen MR) is 83.8 cm³/mol. The quantitative estimate of drug-likeness (QED) is 0.872. The van der Waals surface area contributed by atoms with Gasteiger partial charge in [0.05, 0.1) is 5.52 Å². The molecule has 1 atom stereocenters. The first-order chi connectivity index (χ1) is 9.96. The van der Waals surface area contributed by atoms with Crippen LogP contribution in [-0.2, 0) is 4.74 Å². The fraction of sp³-hybridized carbons (Fsp3) is 0.471. The van der Waals surface area contributed by atoms with E-state index in [0.717, 1.165) is 30.4 Å². The van der Waals surface area contributed by atoms with Gasteiger partial charge in [0.25, 0.3) is 0 Å². The van der Waals surface area contributed by atoms with Gasteiger partial charge in [-0.2, -0.15) is 0 Å². The molecule has 21 heavy (non-hydrogen) atoms. The van der Waals surface area contributed by atoms with Crippen LogP contribution in [0.2, 0.25) is 0 Å². The number of nitrogens with one attached hydrogen (secondary N) is 1. The zero-order valence-electron chi connectivity index (χ0n) is 12.8. The number of ether oxygens (including phenoxy) is 1. The predicted octanol–water partition coefficient (Wildman–Crippen LogP) is 3.50. The SMILES string of the molecule is CC(C)(C)OC(=O)n1cc(C2CCNC2)c2ccccc21. The number of fused-ring (bicyclic) bond motifs is 1. The summed E-state index contributed by atoms with van der Waals surface area (Å²) in [6, 6.07) is 8.04. The van der Waals surface area contributed by atoms with E-state index in [9.17, 15) is 4.79 Å². The maximum absolute atomic E-state index is 12.4. The number of hydrogen-bond donors (Lipinski definition) is 1. The summed E-state index contributed by atoms with van der Waals surface area (Å²) in [6.07, 6.45) is 2.76. The van der Waals surface area contributed by atoms with E-state index >= 15 is 0 Å². The normalized spacial score (nSPS) is 19.1. The molecule has 3 rings (SSSR count). The molecule has 0 spiro atoms. The molecule has 0 amide bonds. The van der Waals surface area contributed by atoms with Gasteiger partial charge in [0, 0.05) is 18.1 Å². The third-order valence-electron chi connectivity index (χ3n) is 3.83. The first-order valence-corrected chi connectivity index (χ1v) is 7.50. The van der Waals surface area contributed by atoms with E-state index in [1.165, 1.54) is 5.56 Å². The van der Waals surface area contributed by atoms with Gasteiger partial charge in [-0.1, -0.05) is 18.2 Å². The largest absolute Gasteiger partial charge is 0.443 e. The Bertz CT molecular complexity index is 661. The Morgan fingerprint density at radius 2 is 2.10 bits per heavy atom.